The molecule has 1 aliphatic heterocycles. The number of amides is 1. The Labute approximate surface area is 163 Å². The van der Waals surface area contributed by atoms with Gasteiger partial charge in [-0.15, -0.1) is 0 Å². The number of nitrogens with zero attached hydrogens (tertiary/aromatic N) is 4. The predicted octanol–water partition coefficient (Wildman–Crippen LogP) is 1.43. The second-order valence-electron chi connectivity index (χ2n) is 6.75. The molecule has 1 saturated heterocycles. The van der Waals surface area contributed by atoms with Gasteiger partial charge in [0.05, 0.1) is 13.1 Å². The maximum absolute atomic E-state index is 12.9. The molecule has 0 spiro atoms. The van der Waals surface area contributed by atoms with E-state index in [1.165, 1.54) is 12.1 Å². The molecule has 1 aromatic carbocycles. The van der Waals surface area contributed by atoms with E-state index in [1.54, 1.807) is 12.1 Å². The summed E-state index contributed by atoms with van der Waals surface area (Å²) in [5.74, 6) is 1.30. The van der Waals surface area contributed by atoms with E-state index in [9.17, 15) is 9.18 Å². The van der Waals surface area contributed by atoms with Gasteiger partial charge >= 0.3 is 0 Å². The highest BCUT2D eigenvalue weighted by molar-refractivity contribution is 5.77. The highest BCUT2D eigenvalue weighted by atomic mass is 19.1. The number of hydrogen-bond acceptors (Lipinski definition) is 7. The summed E-state index contributed by atoms with van der Waals surface area (Å²) in [6, 6.07) is 5.78. The molecule has 1 amide bonds. The largest absolute Gasteiger partial charge is 0.485 e. The van der Waals surface area contributed by atoms with Gasteiger partial charge in [0.15, 0.2) is 6.61 Å². The van der Waals surface area contributed by atoms with Crippen molar-refractivity contribution in [1.82, 2.24) is 25.3 Å². The number of carbonyl (C=O) groups excluding carboxylic acids is 1. The van der Waals surface area contributed by atoms with Gasteiger partial charge < -0.3 is 14.6 Å². The van der Waals surface area contributed by atoms with E-state index in [0.717, 1.165) is 39.1 Å². The predicted molar refractivity (Wildman–Crippen MR) is 100 cm³/mol. The number of piperazine rings is 1. The molecule has 9 heteroatoms. The van der Waals surface area contributed by atoms with Crippen molar-refractivity contribution in [2.24, 2.45) is 0 Å². The molecule has 0 bridgehead atoms. The molecule has 0 aliphatic carbocycles. The first-order valence-electron chi connectivity index (χ1n) is 9.53. The molecule has 8 nitrogen and oxygen atoms in total. The Kier molecular flexibility index (Phi) is 7.32. The monoisotopic (exact) mass is 391 g/mol. The molecule has 152 valence electrons. The zero-order valence-corrected chi connectivity index (χ0v) is 16.1. The van der Waals surface area contributed by atoms with Crippen molar-refractivity contribution in [3.63, 3.8) is 0 Å². The lowest BCUT2D eigenvalue weighted by molar-refractivity contribution is -0.122. The first-order valence-corrected chi connectivity index (χ1v) is 9.53. The molecule has 28 heavy (non-hydrogen) atoms. The van der Waals surface area contributed by atoms with Gasteiger partial charge in [0.1, 0.15) is 11.6 Å². The van der Waals surface area contributed by atoms with Crippen molar-refractivity contribution in [1.29, 1.82) is 0 Å². The average molecular weight is 391 g/mol. The number of aromatic nitrogens is 2. The lowest BCUT2D eigenvalue weighted by Crippen LogP contribution is -2.49. The van der Waals surface area contributed by atoms with Gasteiger partial charge in [-0.1, -0.05) is 12.1 Å². The maximum atomic E-state index is 12.9. The number of hydrogen-bond donors (Lipinski definition) is 1. The van der Waals surface area contributed by atoms with Crippen molar-refractivity contribution in [2.45, 2.75) is 26.5 Å². The lowest BCUT2D eigenvalue weighted by atomic mass is 10.3. The van der Waals surface area contributed by atoms with Crippen molar-refractivity contribution >= 4 is 5.91 Å². The van der Waals surface area contributed by atoms with Crippen LogP contribution in [0.3, 0.4) is 0 Å². The fraction of sp³-hybridized carbons (Fsp3) is 0.526. The van der Waals surface area contributed by atoms with Crippen LogP contribution in [0.15, 0.2) is 28.8 Å². The first kappa shape index (κ1) is 20.2. The number of ether oxygens (including phenoxy) is 1. The third-order valence-corrected chi connectivity index (χ3v) is 4.45. The number of nitrogens with one attached hydrogen (secondary N) is 1. The smallest absolute Gasteiger partial charge is 0.240 e. The van der Waals surface area contributed by atoms with Crippen molar-refractivity contribution in [2.75, 3.05) is 39.3 Å². The molecule has 1 N–H and O–H groups in total. The molecule has 1 aliphatic rings. The lowest BCUT2D eigenvalue weighted by Gasteiger charge is -2.33. The zero-order valence-electron chi connectivity index (χ0n) is 16.1. The fourth-order valence-corrected chi connectivity index (χ4v) is 2.91. The highest BCUT2D eigenvalue weighted by Crippen LogP contribution is 2.13. The van der Waals surface area contributed by atoms with E-state index < -0.39 is 0 Å². The molecule has 0 radical (unpaired) electrons. The standard InChI is InChI=1S/C19H26FN5O3/c1-2-7-21-18(26)12-24-8-10-25(11-9-24)13-19-22-17(23-28-19)14-27-16-5-3-15(20)4-6-16/h3-6H,2,7-14H2,1H3,(H,21,26). The summed E-state index contributed by atoms with van der Waals surface area (Å²) in [7, 11) is 0. The molecule has 2 heterocycles. The van der Waals surface area contributed by atoms with E-state index in [-0.39, 0.29) is 18.3 Å². The highest BCUT2D eigenvalue weighted by Gasteiger charge is 2.20. The first-order chi connectivity index (χ1) is 13.6. The Morgan fingerprint density at radius 2 is 1.93 bits per heavy atom. The molecule has 0 saturated carbocycles. The molecule has 2 aromatic rings. The molecular weight excluding hydrogens is 365 g/mol. The van der Waals surface area contributed by atoms with Crippen molar-refractivity contribution in [3.05, 3.63) is 41.8 Å². The van der Waals surface area contributed by atoms with Crippen LogP contribution in [0, 0.1) is 5.82 Å². The van der Waals surface area contributed by atoms with Gasteiger partial charge in [-0.05, 0) is 30.7 Å². The zero-order chi connectivity index (χ0) is 19.8. The maximum Gasteiger partial charge on any atom is 0.240 e. The van der Waals surface area contributed by atoms with Crippen LogP contribution in [0.5, 0.6) is 5.75 Å². The second kappa shape index (κ2) is 10.1. The molecule has 1 fully saturated rings. The van der Waals surface area contributed by atoms with Crippen LogP contribution in [-0.4, -0.2) is 65.1 Å². The molecule has 0 atom stereocenters. The Hall–Kier alpha value is -2.52. The van der Waals surface area contributed by atoms with E-state index in [2.05, 4.69) is 25.3 Å². The fourth-order valence-electron chi connectivity index (χ4n) is 2.91. The third-order valence-electron chi connectivity index (χ3n) is 4.45. The van der Waals surface area contributed by atoms with Crippen molar-refractivity contribution < 1.29 is 18.4 Å². The van der Waals surface area contributed by atoms with Gasteiger partial charge in [0.25, 0.3) is 0 Å². The number of halogens is 1. The summed E-state index contributed by atoms with van der Waals surface area (Å²) in [5.41, 5.74) is 0. The summed E-state index contributed by atoms with van der Waals surface area (Å²) >= 11 is 0. The van der Waals surface area contributed by atoms with Gasteiger partial charge in [-0.2, -0.15) is 4.98 Å². The van der Waals surface area contributed by atoms with Crippen LogP contribution in [0.2, 0.25) is 0 Å². The number of carbonyl (C=O) groups is 1. The van der Waals surface area contributed by atoms with Crippen LogP contribution in [0.25, 0.3) is 0 Å². The SMILES string of the molecule is CCCNC(=O)CN1CCN(Cc2nc(COc3ccc(F)cc3)no2)CC1. The van der Waals surface area contributed by atoms with Crippen LogP contribution >= 0.6 is 0 Å². The van der Waals surface area contributed by atoms with Gasteiger partial charge in [-0.3, -0.25) is 14.6 Å². The van der Waals surface area contributed by atoms with E-state index >= 15 is 0 Å². The van der Waals surface area contributed by atoms with Crippen LogP contribution in [-0.2, 0) is 17.9 Å². The van der Waals surface area contributed by atoms with Gasteiger partial charge in [0, 0.05) is 32.7 Å². The normalized spacial score (nSPS) is 15.5. The minimum Gasteiger partial charge on any atom is -0.485 e. The average Bonchev–Trinajstić information content (AvgIpc) is 3.15. The summed E-state index contributed by atoms with van der Waals surface area (Å²) < 4.78 is 23.7. The Balaban J connectivity index is 1.38. The third kappa shape index (κ3) is 6.28. The summed E-state index contributed by atoms with van der Waals surface area (Å²) in [6.45, 7) is 7.27. The number of benzene rings is 1. The van der Waals surface area contributed by atoms with Crippen LogP contribution in [0.1, 0.15) is 25.1 Å². The molecular formula is C19H26FN5O3. The van der Waals surface area contributed by atoms with Gasteiger partial charge in [0.2, 0.25) is 17.6 Å². The minimum absolute atomic E-state index is 0.0815. The molecule has 3 rings (SSSR count). The van der Waals surface area contributed by atoms with Gasteiger partial charge in [-0.25, -0.2) is 4.39 Å². The minimum atomic E-state index is -0.309. The van der Waals surface area contributed by atoms with E-state index in [1.807, 2.05) is 6.92 Å². The topological polar surface area (TPSA) is 83.7 Å². The quantitative estimate of drug-likeness (QED) is 0.692. The van der Waals surface area contributed by atoms with Crippen LogP contribution in [0.4, 0.5) is 4.39 Å². The Morgan fingerprint density at radius 1 is 1.21 bits per heavy atom. The molecule has 1 aromatic heterocycles. The Morgan fingerprint density at radius 3 is 2.64 bits per heavy atom. The van der Waals surface area contributed by atoms with Crippen LogP contribution < -0.4 is 10.1 Å². The summed E-state index contributed by atoms with van der Waals surface area (Å²) in [4.78, 5) is 20.5. The molecule has 0 unspecified atom stereocenters. The van der Waals surface area contributed by atoms with E-state index in [4.69, 9.17) is 9.26 Å². The van der Waals surface area contributed by atoms with Crippen molar-refractivity contribution in [3.8, 4) is 5.75 Å². The van der Waals surface area contributed by atoms with E-state index in [0.29, 0.717) is 30.6 Å². The summed E-state index contributed by atoms with van der Waals surface area (Å²) in [6.07, 6.45) is 0.945. The second-order valence-corrected chi connectivity index (χ2v) is 6.75. The summed E-state index contributed by atoms with van der Waals surface area (Å²) in [5, 5.41) is 6.82. The number of rotatable bonds is 9. The Bertz CT molecular complexity index is 744.